The summed E-state index contributed by atoms with van der Waals surface area (Å²) in [6.07, 6.45) is 1.62. The summed E-state index contributed by atoms with van der Waals surface area (Å²) >= 11 is 0. The van der Waals surface area contributed by atoms with Crippen LogP contribution in [0.5, 0.6) is 23.0 Å². The molecule has 2 fully saturated rings. The van der Waals surface area contributed by atoms with Crippen LogP contribution in [0, 0.1) is 0 Å². The first-order chi connectivity index (χ1) is 31.6. The molecule has 18 nitrogen and oxygen atoms in total. The van der Waals surface area contributed by atoms with Crippen molar-refractivity contribution in [2.45, 2.75) is 41.8 Å². The lowest BCUT2D eigenvalue weighted by molar-refractivity contribution is -0.188. The Kier molecular flexibility index (Phi) is 16.4. The molecule has 6 aromatic rings. The van der Waals surface area contributed by atoms with Gasteiger partial charge in [0.2, 0.25) is 0 Å². The SMILES string of the molecule is COc1ccc(CN(Cc2ccc(OC)cc2)S(=O)(=O)c2cc(C3(O)COC3)n(C)n2)cc1.COc1ccc(CN(Cc2ccc(OC)cc2)S(=O)(=O)c2ccn(C)n2)cc1.O=C1COC1. The third-order valence-electron chi connectivity index (χ3n) is 10.5. The van der Waals surface area contributed by atoms with Crippen LogP contribution in [-0.2, 0) is 80.2 Å². The van der Waals surface area contributed by atoms with Gasteiger partial charge in [-0.15, -0.1) is 0 Å². The minimum absolute atomic E-state index is 0.0250. The van der Waals surface area contributed by atoms with Crippen LogP contribution >= 0.6 is 0 Å². The number of benzene rings is 4. The van der Waals surface area contributed by atoms with Crippen molar-refractivity contribution in [2.24, 2.45) is 14.1 Å². The van der Waals surface area contributed by atoms with E-state index in [2.05, 4.69) is 14.9 Å². The van der Waals surface area contributed by atoms with Gasteiger partial charge in [-0.05, 0) is 76.9 Å². The van der Waals surface area contributed by atoms with Gasteiger partial charge in [0.15, 0.2) is 21.4 Å². The van der Waals surface area contributed by atoms with Crippen LogP contribution in [0.4, 0.5) is 0 Å². The number of carbonyl (C=O) groups is 1. The molecule has 352 valence electrons. The van der Waals surface area contributed by atoms with E-state index in [1.165, 1.54) is 30.1 Å². The molecule has 66 heavy (non-hydrogen) atoms. The first-order valence-electron chi connectivity index (χ1n) is 20.5. The van der Waals surface area contributed by atoms with Crippen LogP contribution in [0.25, 0.3) is 0 Å². The Morgan fingerprint density at radius 2 is 0.924 bits per heavy atom. The first-order valence-corrected chi connectivity index (χ1v) is 23.4. The highest BCUT2D eigenvalue weighted by Gasteiger charge is 2.42. The van der Waals surface area contributed by atoms with E-state index in [0.717, 1.165) is 33.8 Å². The Labute approximate surface area is 384 Å². The van der Waals surface area contributed by atoms with E-state index in [9.17, 15) is 26.7 Å². The molecular formula is C46H54N6O12S2. The second kappa shape index (κ2) is 21.9. The fraction of sp³-hybridized carbons (Fsp3) is 0.326. The highest BCUT2D eigenvalue weighted by atomic mass is 32.2. The molecule has 0 radical (unpaired) electrons. The lowest BCUT2D eigenvalue weighted by Crippen LogP contribution is -2.47. The van der Waals surface area contributed by atoms with Gasteiger partial charge in [0.05, 0.1) is 47.3 Å². The maximum absolute atomic E-state index is 13.7. The zero-order valence-electron chi connectivity index (χ0n) is 37.6. The maximum atomic E-state index is 13.7. The molecule has 4 aromatic carbocycles. The molecule has 2 aromatic heterocycles. The molecule has 8 rings (SSSR count). The number of hydrogen-bond donors (Lipinski definition) is 1. The van der Waals surface area contributed by atoms with E-state index in [1.54, 1.807) is 73.0 Å². The molecule has 1 N–H and O–H groups in total. The number of ether oxygens (including phenoxy) is 6. The predicted molar refractivity (Wildman–Crippen MR) is 242 cm³/mol. The summed E-state index contributed by atoms with van der Waals surface area (Å²) < 4.78 is 89.8. The third kappa shape index (κ3) is 12.4. The molecule has 20 heteroatoms. The highest BCUT2D eigenvalue weighted by Crippen LogP contribution is 2.32. The minimum Gasteiger partial charge on any atom is -0.497 e. The number of aromatic nitrogens is 4. The zero-order chi connectivity index (χ0) is 47.5. The van der Waals surface area contributed by atoms with Crippen LogP contribution in [0.15, 0.2) is 125 Å². The number of aryl methyl sites for hydroxylation is 2. The molecule has 0 unspecified atom stereocenters. The topological polar surface area (TPSA) is 203 Å². The molecule has 0 bridgehead atoms. The number of Topliss-reactive ketones (excluding diaryl/α,β-unsaturated/α-hetero) is 1. The Balaban J connectivity index is 0.000000199. The quantitative estimate of drug-likeness (QED) is 0.134. The summed E-state index contributed by atoms with van der Waals surface area (Å²) in [7, 11) is 1.89. The summed E-state index contributed by atoms with van der Waals surface area (Å²) in [5.41, 5.74) is 2.49. The molecular weight excluding hydrogens is 893 g/mol. The molecule has 0 saturated carbocycles. The van der Waals surface area contributed by atoms with Crippen molar-refractivity contribution in [1.82, 2.24) is 28.2 Å². The van der Waals surface area contributed by atoms with Gasteiger partial charge < -0.3 is 33.5 Å². The second-order valence-electron chi connectivity index (χ2n) is 15.3. The number of carbonyl (C=O) groups excluding carboxylic acids is 1. The summed E-state index contributed by atoms with van der Waals surface area (Å²) in [5, 5.41) is 18.8. The molecule has 4 heterocycles. The van der Waals surface area contributed by atoms with E-state index >= 15 is 0 Å². The number of sulfonamides is 2. The van der Waals surface area contributed by atoms with Gasteiger partial charge in [0.1, 0.15) is 36.2 Å². The Bertz CT molecular complexity index is 2640. The fourth-order valence-corrected chi connectivity index (χ4v) is 9.37. The second-order valence-corrected chi connectivity index (χ2v) is 19.1. The van der Waals surface area contributed by atoms with Gasteiger partial charge >= 0.3 is 0 Å². The standard InChI is InChI=1S/C23H27N3O6S.C20H23N3O4S.C3H4O2/c1-25-21(23(27)15-32-16-23)12-22(24-25)33(28,29)26(13-17-4-8-19(30-2)9-5-17)14-18-6-10-20(31-3)11-7-18;1-22-13-12-20(21-22)28(24,25)23(14-16-4-8-18(26-2)9-5-16)15-17-6-10-19(27-3)11-7-17;4-3-1-5-2-3/h4-12,27H,13-16H2,1-3H3;4-13H,14-15H2,1-3H3;1-2H2. The molecule has 2 aliphatic heterocycles. The average molecular weight is 947 g/mol. The van der Waals surface area contributed by atoms with Crippen molar-refractivity contribution in [3.05, 3.63) is 143 Å². The number of rotatable bonds is 17. The van der Waals surface area contributed by atoms with Crippen LogP contribution in [0.2, 0.25) is 0 Å². The van der Waals surface area contributed by atoms with Gasteiger partial charge in [-0.25, -0.2) is 16.8 Å². The molecule has 2 saturated heterocycles. The normalized spacial score (nSPS) is 14.2. The van der Waals surface area contributed by atoms with Crippen molar-refractivity contribution in [3.63, 3.8) is 0 Å². The Morgan fingerprint density at radius 3 is 1.18 bits per heavy atom. The van der Waals surface area contributed by atoms with Gasteiger partial charge in [0.25, 0.3) is 20.0 Å². The molecule has 0 atom stereocenters. The van der Waals surface area contributed by atoms with Gasteiger partial charge in [0, 0.05) is 52.5 Å². The largest absolute Gasteiger partial charge is 0.497 e. The summed E-state index contributed by atoms with van der Waals surface area (Å²) in [5.74, 6) is 3.03. The lowest BCUT2D eigenvalue weighted by Gasteiger charge is -2.35. The smallest absolute Gasteiger partial charge is 0.263 e. The van der Waals surface area contributed by atoms with E-state index in [0.29, 0.717) is 30.4 Å². The third-order valence-corrected chi connectivity index (χ3v) is 13.9. The van der Waals surface area contributed by atoms with Crippen molar-refractivity contribution < 1.29 is 55.2 Å². The van der Waals surface area contributed by atoms with Crippen molar-refractivity contribution in [1.29, 1.82) is 0 Å². The Hall–Kier alpha value is -6.13. The Morgan fingerprint density at radius 1 is 0.576 bits per heavy atom. The maximum Gasteiger partial charge on any atom is 0.263 e. The van der Waals surface area contributed by atoms with E-state index in [-0.39, 0.29) is 55.2 Å². The van der Waals surface area contributed by atoms with Crippen molar-refractivity contribution >= 4 is 25.8 Å². The van der Waals surface area contributed by atoms with E-state index in [1.807, 2.05) is 72.8 Å². The van der Waals surface area contributed by atoms with Gasteiger partial charge in [-0.3, -0.25) is 14.2 Å². The van der Waals surface area contributed by atoms with Crippen molar-refractivity contribution in [2.75, 3.05) is 54.9 Å². The molecule has 0 spiro atoms. The first kappa shape index (κ1) is 49.3. The van der Waals surface area contributed by atoms with Crippen molar-refractivity contribution in [3.8, 4) is 23.0 Å². The summed E-state index contributed by atoms with van der Waals surface area (Å²) in [6, 6.07) is 32.1. The van der Waals surface area contributed by atoms with E-state index < -0.39 is 25.6 Å². The minimum atomic E-state index is -3.99. The van der Waals surface area contributed by atoms with Crippen LogP contribution in [0.3, 0.4) is 0 Å². The summed E-state index contributed by atoms with van der Waals surface area (Å²) in [4.78, 5) is 9.77. The van der Waals surface area contributed by atoms with E-state index in [4.69, 9.17) is 23.7 Å². The number of hydrogen-bond acceptors (Lipinski definition) is 14. The zero-order valence-corrected chi connectivity index (χ0v) is 39.2. The van der Waals surface area contributed by atoms with Crippen LogP contribution < -0.4 is 18.9 Å². The highest BCUT2D eigenvalue weighted by molar-refractivity contribution is 7.89. The van der Waals surface area contributed by atoms with Gasteiger partial charge in [-0.1, -0.05) is 48.5 Å². The summed E-state index contributed by atoms with van der Waals surface area (Å²) in [6.45, 7) is 1.61. The number of methoxy groups -OCH3 is 4. The fourth-order valence-electron chi connectivity index (χ4n) is 6.62. The molecule has 0 aliphatic carbocycles. The van der Waals surface area contributed by atoms with Crippen LogP contribution in [0.1, 0.15) is 27.9 Å². The number of ketones is 1. The van der Waals surface area contributed by atoms with Crippen LogP contribution in [-0.4, -0.2) is 111 Å². The predicted octanol–water partition coefficient (Wildman–Crippen LogP) is 4.46. The average Bonchev–Trinajstić information content (AvgIpc) is 3.95. The monoisotopic (exact) mass is 946 g/mol. The number of nitrogens with zero attached hydrogens (tertiary/aromatic N) is 6. The van der Waals surface area contributed by atoms with Gasteiger partial charge in [-0.2, -0.15) is 18.8 Å². The lowest BCUT2D eigenvalue weighted by atomic mass is 9.98. The molecule has 0 amide bonds. The number of aliphatic hydroxyl groups is 1. The molecule has 2 aliphatic rings.